The van der Waals surface area contributed by atoms with Gasteiger partial charge in [-0.05, 0) is 32.7 Å². The normalized spacial score (nSPS) is 35.9. The minimum Gasteiger partial charge on any atom is -0.355 e. The van der Waals surface area contributed by atoms with Crippen molar-refractivity contribution in [2.45, 2.75) is 44.2 Å². The number of rotatable bonds is 1. The van der Waals surface area contributed by atoms with Gasteiger partial charge in [0.25, 0.3) is 0 Å². The molecule has 1 N–H and O–H groups in total. The van der Waals surface area contributed by atoms with E-state index in [-0.39, 0.29) is 17.7 Å². The highest BCUT2D eigenvalue weighted by Gasteiger charge is 2.37. The lowest BCUT2D eigenvalue weighted by atomic mass is 9.97. The lowest BCUT2D eigenvalue weighted by Crippen LogP contribution is -2.47. The van der Waals surface area contributed by atoms with Gasteiger partial charge in [0, 0.05) is 38.1 Å². The van der Waals surface area contributed by atoms with Crippen LogP contribution in [0.15, 0.2) is 0 Å². The molecule has 0 aromatic carbocycles. The van der Waals surface area contributed by atoms with E-state index in [9.17, 15) is 9.59 Å². The maximum Gasteiger partial charge on any atom is 0.227 e. The van der Waals surface area contributed by atoms with E-state index in [0.717, 1.165) is 19.5 Å². The number of likely N-dealkylation sites (tertiary alicyclic amines) is 1. The second kappa shape index (κ2) is 5.12. The van der Waals surface area contributed by atoms with E-state index in [1.807, 2.05) is 4.90 Å². The molecule has 3 atom stereocenters. The van der Waals surface area contributed by atoms with Gasteiger partial charge in [0.15, 0.2) is 0 Å². The molecule has 3 rings (SSSR count). The van der Waals surface area contributed by atoms with E-state index in [1.165, 1.54) is 12.8 Å². The van der Waals surface area contributed by atoms with Crippen LogP contribution < -0.4 is 5.32 Å². The number of amides is 2. The minimum absolute atomic E-state index is 0.000340. The van der Waals surface area contributed by atoms with Crippen LogP contribution in [0.1, 0.15) is 32.1 Å². The summed E-state index contributed by atoms with van der Waals surface area (Å²) in [5, 5.41) is 2.81. The average Bonchev–Trinajstić information content (AvgIpc) is 2.63. The monoisotopic (exact) mass is 265 g/mol. The fraction of sp³-hybridized carbons (Fsp3) is 0.857. The highest BCUT2D eigenvalue weighted by Crippen LogP contribution is 2.29. The molecule has 0 spiro atoms. The van der Waals surface area contributed by atoms with Crippen molar-refractivity contribution in [2.75, 3.05) is 26.7 Å². The molecule has 106 valence electrons. The topological polar surface area (TPSA) is 52.7 Å². The number of fused-ring (bicyclic) bond motifs is 2. The van der Waals surface area contributed by atoms with Gasteiger partial charge in [-0.3, -0.25) is 14.5 Å². The molecular formula is C14H23N3O2. The third-order valence-electron chi connectivity index (χ3n) is 5.07. The Morgan fingerprint density at radius 3 is 2.74 bits per heavy atom. The average molecular weight is 265 g/mol. The molecular weight excluding hydrogens is 242 g/mol. The van der Waals surface area contributed by atoms with Crippen LogP contribution >= 0.6 is 0 Å². The van der Waals surface area contributed by atoms with Gasteiger partial charge in [0.1, 0.15) is 0 Å². The number of hydrogen-bond acceptors (Lipinski definition) is 3. The van der Waals surface area contributed by atoms with Crippen LogP contribution in [0.4, 0.5) is 0 Å². The largest absolute Gasteiger partial charge is 0.355 e. The van der Waals surface area contributed by atoms with Crippen LogP contribution in [0.5, 0.6) is 0 Å². The quantitative estimate of drug-likeness (QED) is 0.737. The standard InChI is InChI=1S/C14H23N3O2/c1-16-11-3-4-12(16)9-17(7-6-11)14(19)10-2-5-13(18)15-8-10/h10-12H,2-9H2,1H3,(H,15,18). The lowest BCUT2D eigenvalue weighted by Gasteiger charge is -2.31. The van der Waals surface area contributed by atoms with Crippen LogP contribution in [0.2, 0.25) is 0 Å². The molecule has 3 heterocycles. The van der Waals surface area contributed by atoms with Crippen molar-refractivity contribution in [1.82, 2.24) is 15.1 Å². The van der Waals surface area contributed by atoms with Crippen molar-refractivity contribution in [3.63, 3.8) is 0 Å². The van der Waals surface area contributed by atoms with Crippen LogP contribution in [0.3, 0.4) is 0 Å². The van der Waals surface area contributed by atoms with Crippen LogP contribution in [-0.4, -0.2) is 60.4 Å². The van der Waals surface area contributed by atoms with Gasteiger partial charge in [-0.25, -0.2) is 0 Å². The van der Waals surface area contributed by atoms with Crippen LogP contribution in [0.25, 0.3) is 0 Å². The Hall–Kier alpha value is -1.10. The highest BCUT2D eigenvalue weighted by molar-refractivity contribution is 5.83. The first kappa shape index (κ1) is 12.9. The maximum absolute atomic E-state index is 12.6. The van der Waals surface area contributed by atoms with Crippen molar-refractivity contribution in [3.05, 3.63) is 0 Å². The summed E-state index contributed by atoms with van der Waals surface area (Å²) in [4.78, 5) is 28.2. The van der Waals surface area contributed by atoms with Crippen molar-refractivity contribution in [2.24, 2.45) is 5.92 Å². The first-order chi connectivity index (χ1) is 9.15. The molecule has 0 saturated carbocycles. The Morgan fingerprint density at radius 1 is 1.21 bits per heavy atom. The van der Waals surface area contributed by atoms with Crippen molar-refractivity contribution < 1.29 is 9.59 Å². The second-order valence-electron chi connectivity index (χ2n) is 6.16. The predicted molar refractivity (Wildman–Crippen MR) is 71.5 cm³/mol. The summed E-state index contributed by atoms with van der Waals surface area (Å²) in [6.07, 6.45) is 4.80. The molecule has 5 heteroatoms. The summed E-state index contributed by atoms with van der Waals surface area (Å²) in [5.41, 5.74) is 0. The van der Waals surface area contributed by atoms with Gasteiger partial charge in [-0.15, -0.1) is 0 Å². The molecule has 3 saturated heterocycles. The zero-order chi connectivity index (χ0) is 13.4. The lowest BCUT2D eigenvalue weighted by molar-refractivity contribution is -0.137. The molecule has 0 aromatic rings. The smallest absolute Gasteiger partial charge is 0.227 e. The zero-order valence-electron chi connectivity index (χ0n) is 11.6. The number of hydrogen-bond donors (Lipinski definition) is 1. The molecule has 2 amide bonds. The highest BCUT2D eigenvalue weighted by atomic mass is 16.2. The molecule has 2 bridgehead atoms. The Kier molecular flexibility index (Phi) is 3.48. The van der Waals surface area contributed by atoms with Crippen LogP contribution in [0, 0.1) is 5.92 Å². The van der Waals surface area contributed by atoms with E-state index in [4.69, 9.17) is 0 Å². The summed E-state index contributed by atoms with van der Waals surface area (Å²) in [6, 6.07) is 1.20. The van der Waals surface area contributed by atoms with Gasteiger partial charge in [0.2, 0.25) is 11.8 Å². The Balaban J connectivity index is 1.62. The number of nitrogens with zero attached hydrogens (tertiary/aromatic N) is 2. The predicted octanol–water partition coefficient (Wildman–Crippen LogP) is 0.208. The third kappa shape index (κ3) is 2.48. The van der Waals surface area contributed by atoms with Crippen molar-refractivity contribution in [3.8, 4) is 0 Å². The van der Waals surface area contributed by atoms with Crippen LogP contribution in [-0.2, 0) is 9.59 Å². The fourth-order valence-electron chi connectivity index (χ4n) is 3.71. The number of nitrogens with one attached hydrogen (secondary N) is 1. The summed E-state index contributed by atoms with van der Waals surface area (Å²) < 4.78 is 0. The molecule has 3 aliphatic rings. The summed E-state index contributed by atoms with van der Waals surface area (Å²) in [7, 11) is 2.19. The van der Waals surface area contributed by atoms with Gasteiger partial charge in [-0.1, -0.05) is 0 Å². The molecule has 5 nitrogen and oxygen atoms in total. The van der Waals surface area contributed by atoms with E-state index in [0.29, 0.717) is 31.5 Å². The van der Waals surface area contributed by atoms with Crippen molar-refractivity contribution >= 4 is 11.8 Å². The fourth-order valence-corrected chi connectivity index (χ4v) is 3.71. The number of piperidine rings is 1. The summed E-state index contributed by atoms with van der Waals surface area (Å²) >= 11 is 0. The van der Waals surface area contributed by atoms with E-state index in [1.54, 1.807) is 0 Å². The molecule has 3 aliphatic heterocycles. The van der Waals surface area contributed by atoms with E-state index >= 15 is 0 Å². The maximum atomic E-state index is 12.6. The van der Waals surface area contributed by atoms with Crippen molar-refractivity contribution in [1.29, 1.82) is 0 Å². The number of likely N-dealkylation sites (N-methyl/N-ethyl adjacent to an activating group) is 1. The molecule has 19 heavy (non-hydrogen) atoms. The molecule has 3 unspecified atom stereocenters. The molecule has 0 aromatic heterocycles. The second-order valence-corrected chi connectivity index (χ2v) is 6.16. The minimum atomic E-state index is -0.000340. The Labute approximate surface area is 114 Å². The SMILES string of the molecule is CN1C2CCC1CN(C(=O)C1CCC(=O)NC1)CC2. The first-order valence-electron chi connectivity index (χ1n) is 7.42. The number of carbonyl (C=O) groups excluding carboxylic acids is 2. The Morgan fingerprint density at radius 2 is 2.00 bits per heavy atom. The first-order valence-corrected chi connectivity index (χ1v) is 7.42. The summed E-state index contributed by atoms with van der Waals surface area (Å²) in [6.45, 7) is 2.28. The zero-order valence-corrected chi connectivity index (χ0v) is 11.6. The van der Waals surface area contributed by atoms with Gasteiger partial charge >= 0.3 is 0 Å². The van der Waals surface area contributed by atoms with E-state index < -0.39 is 0 Å². The number of carbonyl (C=O) groups is 2. The van der Waals surface area contributed by atoms with E-state index in [2.05, 4.69) is 17.3 Å². The van der Waals surface area contributed by atoms with Gasteiger partial charge < -0.3 is 10.2 Å². The Bertz CT molecular complexity index is 375. The molecule has 0 aliphatic carbocycles. The van der Waals surface area contributed by atoms with Gasteiger partial charge in [-0.2, -0.15) is 0 Å². The van der Waals surface area contributed by atoms with Gasteiger partial charge in [0.05, 0.1) is 5.92 Å². The summed E-state index contributed by atoms with van der Waals surface area (Å²) in [5.74, 6) is 0.333. The third-order valence-corrected chi connectivity index (χ3v) is 5.07. The molecule has 0 radical (unpaired) electrons. The molecule has 3 fully saturated rings.